The number of pyridine rings is 1. The molecule has 1 aromatic heterocycles. The fraction of sp³-hybridized carbons (Fsp3) is 0.294. The van der Waals surface area contributed by atoms with Crippen molar-refractivity contribution in [2.24, 2.45) is 0 Å². The zero-order chi connectivity index (χ0) is 16.2. The van der Waals surface area contributed by atoms with Crippen molar-refractivity contribution in [2.75, 3.05) is 11.9 Å². The maximum Gasteiger partial charge on any atom is 0.322 e. The Morgan fingerprint density at radius 3 is 2.87 bits per heavy atom. The van der Waals surface area contributed by atoms with E-state index in [4.69, 9.17) is 0 Å². The van der Waals surface area contributed by atoms with E-state index in [9.17, 15) is 13.6 Å². The highest BCUT2D eigenvalue weighted by Gasteiger charge is 2.29. The third kappa shape index (κ3) is 3.47. The summed E-state index contributed by atoms with van der Waals surface area (Å²) in [6.45, 7) is 0.605. The van der Waals surface area contributed by atoms with Crippen LogP contribution in [0, 0.1) is 11.6 Å². The van der Waals surface area contributed by atoms with Crippen molar-refractivity contribution in [3.8, 4) is 0 Å². The number of halogens is 2. The molecule has 2 N–H and O–H groups in total. The summed E-state index contributed by atoms with van der Waals surface area (Å²) in [7, 11) is 0. The second-order valence-electron chi connectivity index (χ2n) is 5.60. The Balaban J connectivity index is 1.79. The lowest BCUT2D eigenvalue weighted by atomic mass is 9.97. The minimum atomic E-state index is -0.778. The highest BCUT2D eigenvalue weighted by Crippen LogP contribution is 2.30. The number of aromatic amines is 1. The maximum atomic E-state index is 13.7. The molecule has 4 nitrogen and oxygen atoms in total. The Bertz CT molecular complexity index is 693. The number of aromatic nitrogens is 1. The van der Waals surface area contributed by atoms with Crippen molar-refractivity contribution in [1.82, 2.24) is 4.90 Å². The quantitative estimate of drug-likeness (QED) is 0.904. The monoisotopic (exact) mass is 318 g/mol. The van der Waals surface area contributed by atoms with E-state index >= 15 is 0 Å². The number of benzene rings is 1. The van der Waals surface area contributed by atoms with Gasteiger partial charge in [-0.3, -0.25) is 0 Å². The van der Waals surface area contributed by atoms with Gasteiger partial charge in [-0.15, -0.1) is 0 Å². The molecule has 3 rings (SSSR count). The van der Waals surface area contributed by atoms with Crippen LogP contribution in [-0.2, 0) is 0 Å². The van der Waals surface area contributed by atoms with Crippen molar-refractivity contribution in [3.05, 3.63) is 59.9 Å². The SMILES string of the molecule is O=C(Nc1ccc(F)cc1F)N1CCCCC1c1ccc[nH+]c1. The van der Waals surface area contributed by atoms with Gasteiger partial charge in [0.2, 0.25) is 0 Å². The van der Waals surface area contributed by atoms with Gasteiger partial charge in [0, 0.05) is 24.2 Å². The van der Waals surface area contributed by atoms with Gasteiger partial charge in [0.25, 0.3) is 0 Å². The summed E-state index contributed by atoms with van der Waals surface area (Å²) >= 11 is 0. The van der Waals surface area contributed by atoms with Gasteiger partial charge in [-0.1, -0.05) is 0 Å². The van der Waals surface area contributed by atoms with Crippen LogP contribution in [0.5, 0.6) is 0 Å². The first-order valence-electron chi connectivity index (χ1n) is 7.64. The highest BCUT2D eigenvalue weighted by molar-refractivity contribution is 5.89. The van der Waals surface area contributed by atoms with Crippen LogP contribution >= 0.6 is 0 Å². The Hall–Kier alpha value is -2.50. The first-order valence-corrected chi connectivity index (χ1v) is 7.64. The molecule has 2 amide bonds. The topological polar surface area (TPSA) is 46.5 Å². The number of anilines is 1. The Morgan fingerprint density at radius 2 is 2.13 bits per heavy atom. The molecule has 1 aliphatic heterocycles. The van der Waals surface area contributed by atoms with Gasteiger partial charge in [0.15, 0.2) is 12.4 Å². The fourth-order valence-corrected chi connectivity index (χ4v) is 2.91. The Labute approximate surface area is 133 Å². The van der Waals surface area contributed by atoms with E-state index in [1.807, 2.05) is 24.5 Å². The van der Waals surface area contributed by atoms with Gasteiger partial charge in [-0.2, -0.15) is 0 Å². The second-order valence-corrected chi connectivity index (χ2v) is 5.60. The van der Waals surface area contributed by atoms with Crippen molar-refractivity contribution < 1.29 is 18.6 Å². The van der Waals surface area contributed by atoms with Crippen molar-refractivity contribution in [1.29, 1.82) is 0 Å². The zero-order valence-electron chi connectivity index (χ0n) is 12.6. The molecule has 1 aliphatic rings. The van der Waals surface area contributed by atoms with Crippen LogP contribution < -0.4 is 10.3 Å². The number of urea groups is 1. The number of carbonyl (C=O) groups is 1. The fourth-order valence-electron chi connectivity index (χ4n) is 2.91. The summed E-state index contributed by atoms with van der Waals surface area (Å²) in [5.74, 6) is -1.45. The molecule has 1 saturated heterocycles. The molecular weight excluding hydrogens is 300 g/mol. The predicted molar refractivity (Wildman–Crippen MR) is 81.7 cm³/mol. The van der Waals surface area contributed by atoms with Crippen LogP contribution in [0.15, 0.2) is 42.7 Å². The zero-order valence-corrected chi connectivity index (χ0v) is 12.6. The molecule has 0 spiro atoms. The molecule has 2 heterocycles. The van der Waals surface area contributed by atoms with Gasteiger partial charge in [0.1, 0.15) is 11.6 Å². The van der Waals surface area contributed by atoms with Gasteiger partial charge in [0.05, 0.1) is 11.7 Å². The number of rotatable bonds is 2. The molecule has 120 valence electrons. The molecule has 1 atom stereocenters. The van der Waals surface area contributed by atoms with Crippen LogP contribution in [-0.4, -0.2) is 17.5 Å². The molecule has 1 unspecified atom stereocenters. The van der Waals surface area contributed by atoms with Gasteiger partial charge >= 0.3 is 6.03 Å². The average molecular weight is 318 g/mol. The van der Waals surface area contributed by atoms with E-state index in [0.29, 0.717) is 6.54 Å². The summed E-state index contributed by atoms with van der Waals surface area (Å²) in [4.78, 5) is 17.3. The van der Waals surface area contributed by atoms with Crippen LogP contribution in [0.4, 0.5) is 19.3 Å². The number of nitrogens with zero attached hydrogens (tertiary/aromatic N) is 1. The van der Waals surface area contributed by atoms with Crippen molar-refractivity contribution in [2.45, 2.75) is 25.3 Å². The second kappa shape index (κ2) is 6.73. The first kappa shape index (κ1) is 15.4. The number of likely N-dealkylation sites (tertiary alicyclic amines) is 1. The first-order chi connectivity index (χ1) is 11.1. The number of piperidine rings is 1. The predicted octanol–water partition coefficient (Wildman–Crippen LogP) is 3.54. The molecule has 0 bridgehead atoms. The van der Waals surface area contributed by atoms with E-state index in [1.54, 1.807) is 4.90 Å². The van der Waals surface area contributed by atoms with E-state index in [-0.39, 0.29) is 17.8 Å². The lowest BCUT2D eigenvalue weighted by Gasteiger charge is -2.35. The van der Waals surface area contributed by atoms with Crippen molar-refractivity contribution >= 4 is 11.7 Å². The summed E-state index contributed by atoms with van der Waals surface area (Å²) < 4.78 is 26.7. The summed E-state index contributed by atoms with van der Waals surface area (Å²) in [5.41, 5.74) is 1.00. The number of amides is 2. The van der Waals surface area contributed by atoms with Gasteiger partial charge in [-0.05, 0) is 37.5 Å². The normalized spacial score (nSPS) is 17.8. The average Bonchev–Trinajstić information content (AvgIpc) is 2.58. The minimum Gasteiger partial charge on any atom is -0.317 e. The Morgan fingerprint density at radius 1 is 1.26 bits per heavy atom. The number of carbonyl (C=O) groups excluding carboxylic acids is 1. The third-order valence-corrected chi connectivity index (χ3v) is 4.05. The third-order valence-electron chi connectivity index (χ3n) is 4.05. The van der Waals surface area contributed by atoms with Crippen LogP contribution in [0.3, 0.4) is 0 Å². The standard InChI is InChI=1S/C17H17F2N3O/c18-13-6-7-15(14(19)10-13)21-17(23)22-9-2-1-5-16(22)12-4-3-8-20-11-12/h3-4,6-8,10-11,16H,1-2,5,9H2,(H,21,23)/p+1. The summed E-state index contributed by atoms with van der Waals surface area (Å²) in [6.07, 6.45) is 6.48. The smallest absolute Gasteiger partial charge is 0.317 e. The van der Waals surface area contributed by atoms with Gasteiger partial charge in [-0.25, -0.2) is 18.6 Å². The molecular formula is C17H18F2N3O+. The molecule has 2 aromatic rings. The molecule has 0 radical (unpaired) electrons. The Kier molecular flexibility index (Phi) is 4.50. The number of hydrogen-bond acceptors (Lipinski definition) is 1. The summed E-state index contributed by atoms with van der Waals surface area (Å²) in [6, 6.07) is 6.55. The molecule has 1 fully saturated rings. The highest BCUT2D eigenvalue weighted by atomic mass is 19.1. The lowest BCUT2D eigenvalue weighted by Crippen LogP contribution is -2.41. The molecule has 0 saturated carbocycles. The van der Waals surface area contributed by atoms with E-state index in [2.05, 4.69) is 10.3 Å². The molecule has 0 aliphatic carbocycles. The number of hydrogen-bond donors (Lipinski definition) is 1. The van der Waals surface area contributed by atoms with Gasteiger partial charge < -0.3 is 10.2 Å². The van der Waals surface area contributed by atoms with E-state index in [1.165, 1.54) is 6.07 Å². The van der Waals surface area contributed by atoms with Crippen LogP contribution in [0.25, 0.3) is 0 Å². The van der Waals surface area contributed by atoms with Crippen LogP contribution in [0.2, 0.25) is 0 Å². The van der Waals surface area contributed by atoms with Crippen LogP contribution in [0.1, 0.15) is 30.9 Å². The maximum absolute atomic E-state index is 13.7. The molecule has 1 aromatic carbocycles. The number of H-pyrrole nitrogens is 1. The molecule has 23 heavy (non-hydrogen) atoms. The van der Waals surface area contributed by atoms with Crippen molar-refractivity contribution in [3.63, 3.8) is 0 Å². The number of nitrogens with one attached hydrogen (secondary N) is 2. The molecule has 6 heteroatoms. The van der Waals surface area contributed by atoms with E-state index < -0.39 is 11.6 Å². The minimum absolute atomic E-state index is 0.0136. The summed E-state index contributed by atoms with van der Waals surface area (Å²) in [5, 5.41) is 2.54. The van der Waals surface area contributed by atoms with E-state index in [0.717, 1.165) is 37.0 Å². The largest absolute Gasteiger partial charge is 0.322 e. The lowest BCUT2D eigenvalue weighted by molar-refractivity contribution is -0.379.